The topological polar surface area (TPSA) is 68.0 Å². The highest BCUT2D eigenvalue weighted by Crippen LogP contribution is 2.21. The van der Waals surface area contributed by atoms with Crippen molar-refractivity contribution in [3.05, 3.63) is 22.8 Å². The quantitative estimate of drug-likeness (QED) is 0.751. The molecule has 0 fully saturated rings. The zero-order valence-corrected chi connectivity index (χ0v) is 13.0. The Bertz CT molecular complexity index is 399. The van der Waals surface area contributed by atoms with Crippen LogP contribution in [0.1, 0.15) is 20.3 Å². The molecule has 1 amide bonds. The third-order valence-electron chi connectivity index (χ3n) is 2.66. The molecule has 1 aromatic heterocycles. The minimum absolute atomic E-state index is 0.311. The Morgan fingerprint density at radius 1 is 1.61 bits per heavy atom. The van der Waals surface area contributed by atoms with Crippen molar-refractivity contribution in [2.24, 2.45) is 5.73 Å². The van der Waals surface area contributed by atoms with E-state index in [4.69, 9.17) is 5.73 Å². The van der Waals surface area contributed by atoms with Crippen LogP contribution < -0.4 is 11.1 Å². The molecule has 0 aromatic carbocycles. The van der Waals surface area contributed by atoms with Gasteiger partial charge in [0.2, 0.25) is 5.91 Å². The van der Waals surface area contributed by atoms with E-state index in [0.717, 1.165) is 21.8 Å². The van der Waals surface area contributed by atoms with E-state index in [1.54, 1.807) is 18.0 Å². The highest BCUT2D eigenvalue weighted by molar-refractivity contribution is 9.10. The molecule has 0 aliphatic carbocycles. The number of carbonyl (C=O) groups excluding carboxylic acids is 1. The van der Waals surface area contributed by atoms with E-state index >= 15 is 0 Å². The Morgan fingerprint density at radius 2 is 2.33 bits per heavy atom. The molecule has 1 heterocycles. The summed E-state index contributed by atoms with van der Waals surface area (Å²) in [6, 6.07) is 3.90. The second kappa shape index (κ2) is 7.11. The van der Waals surface area contributed by atoms with E-state index in [1.165, 1.54) is 0 Å². The molecule has 0 saturated heterocycles. The first-order valence-electron chi connectivity index (χ1n) is 5.77. The summed E-state index contributed by atoms with van der Waals surface area (Å²) in [4.78, 5) is 15.7. The fourth-order valence-electron chi connectivity index (χ4n) is 1.50. The first-order chi connectivity index (χ1) is 8.48. The third kappa shape index (κ3) is 4.59. The van der Waals surface area contributed by atoms with Gasteiger partial charge in [0.1, 0.15) is 0 Å². The molecular formula is C12H18BrN3OS. The Hall–Kier alpha value is -0.590. The predicted molar refractivity (Wildman–Crippen MR) is 78.6 cm³/mol. The number of likely N-dealkylation sites (N-methyl/N-ethyl adjacent to an activating group) is 1. The van der Waals surface area contributed by atoms with Crippen molar-refractivity contribution in [3.63, 3.8) is 0 Å². The highest BCUT2D eigenvalue weighted by atomic mass is 79.9. The number of halogens is 1. The molecule has 0 radical (unpaired) electrons. The Kier molecular flexibility index (Phi) is 6.11. The molecule has 0 aliphatic rings. The first-order valence-corrected chi connectivity index (χ1v) is 7.55. The molecule has 0 bridgehead atoms. The summed E-state index contributed by atoms with van der Waals surface area (Å²) in [6.45, 7) is 4.53. The SMILES string of the molecule is CCNC(C)(CCSc1ccc(Br)cn1)C(N)=O. The van der Waals surface area contributed by atoms with Crippen molar-refractivity contribution in [2.75, 3.05) is 12.3 Å². The highest BCUT2D eigenvalue weighted by Gasteiger charge is 2.29. The minimum Gasteiger partial charge on any atom is -0.368 e. The van der Waals surface area contributed by atoms with Gasteiger partial charge in [-0.25, -0.2) is 4.98 Å². The zero-order chi connectivity index (χ0) is 13.6. The average Bonchev–Trinajstić information content (AvgIpc) is 2.32. The van der Waals surface area contributed by atoms with Crippen molar-refractivity contribution in [1.82, 2.24) is 10.3 Å². The molecule has 1 rings (SSSR count). The van der Waals surface area contributed by atoms with Crippen LogP contribution >= 0.6 is 27.7 Å². The molecule has 0 spiro atoms. The molecule has 18 heavy (non-hydrogen) atoms. The number of nitrogens with one attached hydrogen (secondary N) is 1. The van der Waals surface area contributed by atoms with Gasteiger partial charge in [0.15, 0.2) is 0 Å². The van der Waals surface area contributed by atoms with Crippen molar-refractivity contribution < 1.29 is 4.79 Å². The van der Waals surface area contributed by atoms with E-state index in [-0.39, 0.29) is 5.91 Å². The van der Waals surface area contributed by atoms with Gasteiger partial charge in [-0.05, 0) is 48.0 Å². The smallest absolute Gasteiger partial charge is 0.237 e. The monoisotopic (exact) mass is 331 g/mol. The first kappa shape index (κ1) is 15.5. The van der Waals surface area contributed by atoms with E-state index in [1.807, 2.05) is 26.0 Å². The third-order valence-corrected chi connectivity index (χ3v) is 4.08. The molecule has 4 nitrogen and oxygen atoms in total. The lowest BCUT2D eigenvalue weighted by molar-refractivity contribution is -0.123. The molecule has 1 aromatic rings. The maximum absolute atomic E-state index is 11.4. The Morgan fingerprint density at radius 3 is 2.83 bits per heavy atom. The minimum atomic E-state index is -0.642. The van der Waals surface area contributed by atoms with Crippen molar-refractivity contribution in [1.29, 1.82) is 0 Å². The lowest BCUT2D eigenvalue weighted by Crippen LogP contribution is -2.53. The van der Waals surface area contributed by atoms with Crippen LogP contribution in [0.25, 0.3) is 0 Å². The summed E-state index contributed by atoms with van der Waals surface area (Å²) in [5.41, 5.74) is 4.78. The molecule has 100 valence electrons. The van der Waals surface area contributed by atoms with Crippen LogP contribution in [0, 0.1) is 0 Å². The van der Waals surface area contributed by atoms with Crippen LogP contribution in [0.4, 0.5) is 0 Å². The number of hydrogen-bond donors (Lipinski definition) is 2. The van der Waals surface area contributed by atoms with Gasteiger partial charge < -0.3 is 11.1 Å². The van der Waals surface area contributed by atoms with Gasteiger partial charge in [-0.2, -0.15) is 0 Å². The second-order valence-corrected chi connectivity index (χ2v) is 6.17. The molecule has 1 atom stereocenters. The second-order valence-electron chi connectivity index (χ2n) is 4.14. The van der Waals surface area contributed by atoms with Gasteiger partial charge in [0, 0.05) is 16.4 Å². The summed E-state index contributed by atoms with van der Waals surface area (Å²) < 4.78 is 0.960. The van der Waals surface area contributed by atoms with Crippen LogP contribution in [0.15, 0.2) is 27.8 Å². The van der Waals surface area contributed by atoms with Gasteiger partial charge in [0.25, 0.3) is 0 Å². The van der Waals surface area contributed by atoms with Gasteiger partial charge in [-0.1, -0.05) is 6.92 Å². The number of amides is 1. The van der Waals surface area contributed by atoms with E-state index in [2.05, 4.69) is 26.2 Å². The Labute approximate surface area is 120 Å². The fraction of sp³-hybridized carbons (Fsp3) is 0.500. The molecule has 0 aliphatic heterocycles. The van der Waals surface area contributed by atoms with Gasteiger partial charge >= 0.3 is 0 Å². The fourth-order valence-corrected chi connectivity index (χ4v) is 2.74. The number of aromatic nitrogens is 1. The maximum Gasteiger partial charge on any atom is 0.237 e. The molecular weight excluding hydrogens is 314 g/mol. The normalized spacial score (nSPS) is 14.2. The van der Waals surface area contributed by atoms with Gasteiger partial charge in [0.05, 0.1) is 10.6 Å². The summed E-state index contributed by atoms with van der Waals surface area (Å²) in [5, 5.41) is 4.08. The number of rotatable bonds is 7. The van der Waals surface area contributed by atoms with Crippen LogP contribution in [0.5, 0.6) is 0 Å². The number of nitrogens with zero attached hydrogens (tertiary/aromatic N) is 1. The molecule has 6 heteroatoms. The zero-order valence-electron chi connectivity index (χ0n) is 10.6. The van der Waals surface area contributed by atoms with Crippen molar-refractivity contribution in [3.8, 4) is 0 Å². The summed E-state index contributed by atoms with van der Waals surface area (Å²) >= 11 is 4.96. The summed E-state index contributed by atoms with van der Waals surface area (Å²) in [5.74, 6) is 0.481. The van der Waals surface area contributed by atoms with E-state index < -0.39 is 5.54 Å². The van der Waals surface area contributed by atoms with Crippen LogP contribution in [0.2, 0.25) is 0 Å². The number of pyridine rings is 1. The number of primary amides is 1. The Balaban J connectivity index is 2.48. The van der Waals surface area contributed by atoms with Crippen LogP contribution in [-0.2, 0) is 4.79 Å². The number of hydrogen-bond acceptors (Lipinski definition) is 4. The number of nitrogens with two attached hydrogens (primary N) is 1. The van der Waals surface area contributed by atoms with Crippen molar-refractivity contribution in [2.45, 2.75) is 30.8 Å². The van der Waals surface area contributed by atoms with E-state index in [9.17, 15) is 4.79 Å². The maximum atomic E-state index is 11.4. The average molecular weight is 332 g/mol. The van der Waals surface area contributed by atoms with Crippen LogP contribution in [-0.4, -0.2) is 28.7 Å². The summed E-state index contributed by atoms with van der Waals surface area (Å²) in [6.07, 6.45) is 2.44. The molecule has 1 unspecified atom stereocenters. The van der Waals surface area contributed by atoms with Crippen molar-refractivity contribution >= 4 is 33.6 Å². The lowest BCUT2D eigenvalue weighted by atomic mass is 9.98. The summed E-state index contributed by atoms with van der Waals surface area (Å²) in [7, 11) is 0. The molecule has 3 N–H and O–H groups in total. The predicted octanol–water partition coefficient (Wildman–Crippen LogP) is 2.18. The van der Waals surface area contributed by atoms with E-state index in [0.29, 0.717) is 6.42 Å². The van der Waals surface area contributed by atoms with Crippen LogP contribution in [0.3, 0.4) is 0 Å². The number of thioether (sulfide) groups is 1. The van der Waals surface area contributed by atoms with Gasteiger partial charge in [-0.15, -0.1) is 11.8 Å². The molecule has 0 saturated carbocycles. The standard InChI is InChI=1S/C12H18BrN3OS/c1-3-16-12(2,11(14)17)6-7-18-10-5-4-9(13)8-15-10/h4-5,8,16H,3,6-7H2,1-2H3,(H2,14,17). The largest absolute Gasteiger partial charge is 0.368 e. The number of carbonyl (C=O) groups is 1. The van der Waals surface area contributed by atoms with Gasteiger partial charge in [-0.3, -0.25) is 4.79 Å². The lowest BCUT2D eigenvalue weighted by Gasteiger charge is -2.26.